The molecule has 0 unspecified atom stereocenters. The number of hydrogen-bond donors (Lipinski definition) is 2. The highest BCUT2D eigenvalue weighted by Gasteiger charge is 2.05. The van der Waals surface area contributed by atoms with E-state index in [2.05, 4.69) is 40.3 Å². The zero-order valence-electron chi connectivity index (χ0n) is 11.9. The van der Waals surface area contributed by atoms with Crippen molar-refractivity contribution in [3.05, 3.63) is 41.6 Å². The van der Waals surface area contributed by atoms with Crippen LogP contribution < -0.4 is 16.0 Å². The first-order chi connectivity index (χ1) is 8.97. The monoisotopic (exact) mass is 256 g/mol. The van der Waals surface area contributed by atoms with Crippen LogP contribution in [0.15, 0.2) is 30.5 Å². The Hall–Kier alpha value is -2.23. The van der Waals surface area contributed by atoms with E-state index in [-0.39, 0.29) is 0 Å². The van der Waals surface area contributed by atoms with Crippen LogP contribution in [0.2, 0.25) is 0 Å². The van der Waals surface area contributed by atoms with Crippen LogP contribution in [-0.4, -0.2) is 19.1 Å². The van der Waals surface area contributed by atoms with E-state index in [1.807, 2.05) is 27.1 Å². The number of nitrogen functional groups attached to an aromatic ring is 1. The molecule has 1 aromatic heterocycles. The van der Waals surface area contributed by atoms with Gasteiger partial charge in [0.15, 0.2) is 0 Å². The first-order valence-corrected chi connectivity index (χ1v) is 6.24. The maximum Gasteiger partial charge on any atom is 0.133 e. The van der Waals surface area contributed by atoms with E-state index in [1.165, 1.54) is 11.3 Å². The highest BCUT2D eigenvalue weighted by molar-refractivity contribution is 5.67. The van der Waals surface area contributed by atoms with Gasteiger partial charge >= 0.3 is 0 Å². The Bertz CT molecular complexity index is 591. The van der Waals surface area contributed by atoms with Crippen LogP contribution in [0.5, 0.6) is 0 Å². The molecule has 0 aliphatic rings. The van der Waals surface area contributed by atoms with Gasteiger partial charge in [0.1, 0.15) is 5.82 Å². The average molecular weight is 256 g/mol. The molecule has 1 heterocycles. The number of aromatic nitrogens is 1. The maximum absolute atomic E-state index is 5.71. The zero-order chi connectivity index (χ0) is 14.0. The number of aryl methyl sites for hydroxylation is 2. The van der Waals surface area contributed by atoms with Gasteiger partial charge in [-0.2, -0.15) is 0 Å². The van der Waals surface area contributed by atoms with Gasteiger partial charge in [0.05, 0.1) is 11.9 Å². The Balaban J connectivity index is 2.31. The molecule has 2 rings (SSSR count). The number of benzene rings is 1. The summed E-state index contributed by atoms with van der Waals surface area (Å²) in [5.41, 5.74) is 10.9. The largest absolute Gasteiger partial charge is 0.397 e. The summed E-state index contributed by atoms with van der Waals surface area (Å²) in [5, 5.41) is 3.33. The second-order valence-electron chi connectivity index (χ2n) is 4.95. The Kier molecular flexibility index (Phi) is 3.60. The fourth-order valence-corrected chi connectivity index (χ4v) is 2.03. The summed E-state index contributed by atoms with van der Waals surface area (Å²) in [7, 11) is 4.08. The van der Waals surface area contributed by atoms with Crippen LogP contribution in [-0.2, 0) is 0 Å². The van der Waals surface area contributed by atoms with Crippen molar-refractivity contribution in [3.63, 3.8) is 0 Å². The lowest BCUT2D eigenvalue weighted by Crippen LogP contribution is -2.10. The summed E-state index contributed by atoms with van der Waals surface area (Å²) < 4.78 is 0. The van der Waals surface area contributed by atoms with E-state index in [9.17, 15) is 0 Å². The van der Waals surface area contributed by atoms with Crippen LogP contribution in [0.1, 0.15) is 11.1 Å². The minimum Gasteiger partial charge on any atom is -0.397 e. The third-order valence-corrected chi connectivity index (χ3v) is 3.05. The van der Waals surface area contributed by atoms with E-state index < -0.39 is 0 Å². The summed E-state index contributed by atoms with van der Waals surface area (Å²) in [5.74, 6) is 0.836. The number of hydrogen-bond acceptors (Lipinski definition) is 4. The summed E-state index contributed by atoms with van der Waals surface area (Å²) >= 11 is 0. The van der Waals surface area contributed by atoms with Crippen LogP contribution in [0.25, 0.3) is 0 Å². The first kappa shape index (κ1) is 13.2. The standard InChI is InChI=1S/C15H20N4/c1-10-5-6-13(8-14(10)19(3)4)18-15-11(2)7-12(16)9-17-15/h5-9H,16H2,1-4H3,(H,17,18). The molecule has 0 aliphatic carbocycles. The molecule has 0 fully saturated rings. The van der Waals surface area contributed by atoms with Crippen LogP contribution in [0.3, 0.4) is 0 Å². The predicted octanol–water partition coefficient (Wildman–Crippen LogP) is 3.09. The molecule has 19 heavy (non-hydrogen) atoms. The van der Waals surface area contributed by atoms with Crippen molar-refractivity contribution in [2.75, 3.05) is 30.0 Å². The SMILES string of the molecule is Cc1ccc(Nc2ncc(N)cc2C)cc1N(C)C. The van der Waals surface area contributed by atoms with Crippen molar-refractivity contribution >= 4 is 22.9 Å². The van der Waals surface area contributed by atoms with Crippen molar-refractivity contribution in [2.45, 2.75) is 13.8 Å². The fourth-order valence-electron chi connectivity index (χ4n) is 2.03. The molecule has 100 valence electrons. The Morgan fingerprint density at radius 1 is 1.11 bits per heavy atom. The van der Waals surface area contributed by atoms with E-state index >= 15 is 0 Å². The molecule has 1 aromatic carbocycles. The number of anilines is 4. The summed E-state index contributed by atoms with van der Waals surface area (Å²) in [4.78, 5) is 6.42. The quantitative estimate of drug-likeness (QED) is 0.886. The van der Waals surface area contributed by atoms with E-state index in [0.717, 1.165) is 17.1 Å². The van der Waals surface area contributed by atoms with Gasteiger partial charge in [-0.15, -0.1) is 0 Å². The molecular formula is C15H20N4. The molecule has 0 radical (unpaired) electrons. The van der Waals surface area contributed by atoms with Gasteiger partial charge < -0.3 is 16.0 Å². The van der Waals surface area contributed by atoms with E-state index in [0.29, 0.717) is 5.69 Å². The molecular weight excluding hydrogens is 236 g/mol. The van der Waals surface area contributed by atoms with Gasteiger partial charge in [0.25, 0.3) is 0 Å². The summed E-state index contributed by atoms with van der Waals surface area (Å²) in [6.07, 6.45) is 1.66. The highest BCUT2D eigenvalue weighted by atomic mass is 15.1. The minimum absolute atomic E-state index is 0.681. The van der Waals surface area contributed by atoms with Gasteiger partial charge in [-0.3, -0.25) is 0 Å². The van der Waals surface area contributed by atoms with Crippen molar-refractivity contribution in [3.8, 4) is 0 Å². The smallest absolute Gasteiger partial charge is 0.133 e. The van der Waals surface area contributed by atoms with Crippen LogP contribution in [0, 0.1) is 13.8 Å². The lowest BCUT2D eigenvalue weighted by Gasteiger charge is -2.17. The maximum atomic E-state index is 5.71. The summed E-state index contributed by atoms with van der Waals surface area (Å²) in [6.45, 7) is 4.10. The Labute approximate surface area is 114 Å². The van der Waals surface area contributed by atoms with Gasteiger partial charge in [-0.05, 0) is 43.2 Å². The Morgan fingerprint density at radius 3 is 2.47 bits per heavy atom. The van der Waals surface area contributed by atoms with Crippen molar-refractivity contribution in [1.82, 2.24) is 4.98 Å². The molecule has 3 N–H and O–H groups in total. The third kappa shape index (κ3) is 2.96. The number of nitrogens with two attached hydrogens (primary N) is 1. The number of pyridine rings is 1. The molecule has 0 aliphatic heterocycles. The molecule has 0 saturated carbocycles. The van der Waals surface area contributed by atoms with Gasteiger partial charge in [0.2, 0.25) is 0 Å². The van der Waals surface area contributed by atoms with Crippen molar-refractivity contribution < 1.29 is 0 Å². The zero-order valence-corrected chi connectivity index (χ0v) is 11.9. The van der Waals surface area contributed by atoms with Crippen molar-refractivity contribution in [2.24, 2.45) is 0 Å². The molecule has 2 aromatic rings. The third-order valence-electron chi connectivity index (χ3n) is 3.05. The summed E-state index contributed by atoms with van der Waals surface area (Å²) in [6, 6.07) is 8.19. The number of nitrogens with zero attached hydrogens (tertiary/aromatic N) is 2. The van der Waals surface area contributed by atoms with Crippen molar-refractivity contribution in [1.29, 1.82) is 0 Å². The van der Waals surface area contributed by atoms with Crippen LogP contribution >= 0.6 is 0 Å². The molecule has 0 bridgehead atoms. The molecule has 0 amide bonds. The van der Waals surface area contributed by atoms with Gasteiger partial charge in [-0.1, -0.05) is 6.07 Å². The number of nitrogens with one attached hydrogen (secondary N) is 1. The molecule has 0 saturated heterocycles. The molecule has 0 spiro atoms. The lowest BCUT2D eigenvalue weighted by molar-refractivity contribution is 1.11. The Morgan fingerprint density at radius 2 is 1.84 bits per heavy atom. The molecule has 4 nitrogen and oxygen atoms in total. The van der Waals surface area contributed by atoms with E-state index in [1.54, 1.807) is 6.20 Å². The van der Waals surface area contributed by atoms with Gasteiger partial charge in [0, 0.05) is 25.5 Å². The van der Waals surface area contributed by atoms with Gasteiger partial charge in [-0.25, -0.2) is 4.98 Å². The lowest BCUT2D eigenvalue weighted by atomic mass is 10.1. The topological polar surface area (TPSA) is 54.2 Å². The normalized spacial score (nSPS) is 10.3. The second-order valence-corrected chi connectivity index (χ2v) is 4.95. The molecule has 0 atom stereocenters. The fraction of sp³-hybridized carbons (Fsp3) is 0.267. The number of rotatable bonds is 3. The first-order valence-electron chi connectivity index (χ1n) is 6.24. The molecule has 4 heteroatoms. The predicted molar refractivity (Wildman–Crippen MR) is 82.2 cm³/mol. The minimum atomic E-state index is 0.681. The average Bonchev–Trinajstić information content (AvgIpc) is 2.34. The van der Waals surface area contributed by atoms with E-state index in [4.69, 9.17) is 5.73 Å². The highest BCUT2D eigenvalue weighted by Crippen LogP contribution is 2.25. The second kappa shape index (κ2) is 5.18. The van der Waals surface area contributed by atoms with Crippen LogP contribution in [0.4, 0.5) is 22.9 Å².